The van der Waals surface area contributed by atoms with Gasteiger partial charge in [0.05, 0.1) is 17.7 Å². The number of benzene rings is 1. The van der Waals surface area contributed by atoms with Gasteiger partial charge >= 0.3 is 5.97 Å². The molecule has 1 aromatic heterocycles. The highest BCUT2D eigenvalue weighted by Crippen LogP contribution is 2.24. The van der Waals surface area contributed by atoms with Crippen LogP contribution in [0.15, 0.2) is 24.3 Å². The SMILES string of the molecule is COC(=O)c1sc(NC(=O)c2cccc([N+](=O)[O-])c2)nc1C. The minimum absolute atomic E-state index is 0.127. The first-order valence-corrected chi connectivity index (χ1v) is 6.85. The van der Waals surface area contributed by atoms with Crippen LogP contribution in [-0.2, 0) is 4.74 Å². The van der Waals surface area contributed by atoms with Crippen LogP contribution in [0.3, 0.4) is 0 Å². The lowest BCUT2D eigenvalue weighted by atomic mass is 10.2. The van der Waals surface area contributed by atoms with Gasteiger partial charge in [-0.25, -0.2) is 9.78 Å². The maximum Gasteiger partial charge on any atom is 0.350 e. The lowest BCUT2D eigenvalue weighted by Crippen LogP contribution is -2.11. The van der Waals surface area contributed by atoms with Crippen molar-refractivity contribution in [1.29, 1.82) is 0 Å². The molecule has 2 rings (SSSR count). The van der Waals surface area contributed by atoms with E-state index in [2.05, 4.69) is 15.0 Å². The van der Waals surface area contributed by atoms with E-state index in [1.165, 1.54) is 25.3 Å². The number of hydrogen-bond donors (Lipinski definition) is 1. The van der Waals surface area contributed by atoms with Crippen molar-refractivity contribution in [3.05, 3.63) is 50.5 Å². The summed E-state index contributed by atoms with van der Waals surface area (Å²) in [6.07, 6.45) is 0. The monoisotopic (exact) mass is 321 g/mol. The summed E-state index contributed by atoms with van der Waals surface area (Å²) in [5, 5.41) is 13.4. The highest BCUT2D eigenvalue weighted by Gasteiger charge is 2.18. The van der Waals surface area contributed by atoms with Crippen molar-refractivity contribution in [1.82, 2.24) is 4.98 Å². The van der Waals surface area contributed by atoms with Gasteiger partial charge in [-0.15, -0.1) is 0 Å². The van der Waals surface area contributed by atoms with E-state index in [-0.39, 0.29) is 21.3 Å². The molecule has 1 amide bonds. The number of aryl methyl sites for hydroxylation is 1. The Hall–Kier alpha value is -2.81. The van der Waals surface area contributed by atoms with Gasteiger partial charge in [-0.1, -0.05) is 17.4 Å². The summed E-state index contributed by atoms with van der Waals surface area (Å²) in [7, 11) is 1.25. The van der Waals surface area contributed by atoms with Crippen molar-refractivity contribution < 1.29 is 19.2 Å². The summed E-state index contributed by atoms with van der Waals surface area (Å²) in [6.45, 7) is 1.62. The van der Waals surface area contributed by atoms with Gasteiger partial charge in [0.1, 0.15) is 4.88 Å². The predicted octanol–water partition coefficient (Wildman–Crippen LogP) is 2.40. The van der Waals surface area contributed by atoms with Crippen molar-refractivity contribution in [2.24, 2.45) is 0 Å². The van der Waals surface area contributed by atoms with Crippen LogP contribution in [0.5, 0.6) is 0 Å². The highest BCUT2D eigenvalue weighted by atomic mass is 32.1. The number of rotatable bonds is 4. The number of amides is 1. The Bertz CT molecular complexity index is 756. The third-order valence-electron chi connectivity index (χ3n) is 2.71. The number of thiazole rings is 1. The fraction of sp³-hybridized carbons (Fsp3) is 0.154. The molecule has 114 valence electrons. The van der Waals surface area contributed by atoms with Crippen molar-refractivity contribution in [2.75, 3.05) is 12.4 Å². The molecule has 0 aliphatic heterocycles. The molecule has 0 aliphatic carbocycles. The number of methoxy groups -OCH3 is 1. The number of nitrogens with one attached hydrogen (secondary N) is 1. The summed E-state index contributed by atoms with van der Waals surface area (Å²) in [6, 6.07) is 5.32. The number of carbonyl (C=O) groups is 2. The van der Waals surface area contributed by atoms with Crippen LogP contribution < -0.4 is 5.32 Å². The average molecular weight is 321 g/mol. The van der Waals surface area contributed by atoms with Gasteiger partial charge in [0, 0.05) is 17.7 Å². The zero-order valence-corrected chi connectivity index (χ0v) is 12.5. The number of non-ortho nitro benzene ring substituents is 1. The molecular formula is C13H11N3O5S. The van der Waals surface area contributed by atoms with E-state index in [9.17, 15) is 19.7 Å². The lowest BCUT2D eigenvalue weighted by molar-refractivity contribution is -0.384. The second-order valence-corrected chi connectivity index (χ2v) is 5.19. The number of ether oxygens (including phenoxy) is 1. The zero-order chi connectivity index (χ0) is 16.3. The molecule has 0 spiro atoms. The summed E-state index contributed by atoms with van der Waals surface area (Å²) in [5.41, 5.74) is 0.381. The first-order chi connectivity index (χ1) is 10.4. The summed E-state index contributed by atoms with van der Waals surface area (Å²) >= 11 is 0.974. The second kappa shape index (κ2) is 6.31. The standard InChI is InChI=1S/C13H11N3O5S/c1-7-10(12(18)21-2)22-13(14-7)15-11(17)8-4-3-5-9(6-8)16(19)20/h3-6H,1-2H3,(H,14,15,17). The number of anilines is 1. The van der Waals surface area contributed by atoms with Gasteiger partial charge in [-0.3, -0.25) is 20.2 Å². The fourth-order valence-electron chi connectivity index (χ4n) is 1.66. The summed E-state index contributed by atoms with van der Waals surface area (Å²) in [5.74, 6) is -1.08. The van der Waals surface area contributed by atoms with Crippen molar-refractivity contribution in [3.8, 4) is 0 Å². The largest absolute Gasteiger partial charge is 0.465 e. The van der Waals surface area contributed by atoms with Crippen molar-refractivity contribution in [2.45, 2.75) is 6.92 Å². The molecule has 1 aromatic carbocycles. The van der Waals surface area contributed by atoms with E-state index in [0.29, 0.717) is 5.69 Å². The van der Waals surface area contributed by atoms with Crippen LogP contribution in [0.4, 0.5) is 10.8 Å². The Morgan fingerprint density at radius 1 is 1.41 bits per heavy atom. The minimum Gasteiger partial charge on any atom is -0.465 e. The van der Waals surface area contributed by atoms with Crippen molar-refractivity contribution in [3.63, 3.8) is 0 Å². The molecule has 1 N–H and O–H groups in total. The van der Waals surface area contributed by atoms with E-state index in [1.54, 1.807) is 6.92 Å². The molecule has 9 heteroatoms. The molecule has 0 radical (unpaired) electrons. The van der Waals surface area contributed by atoms with Gasteiger partial charge in [0.2, 0.25) is 0 Å². The second-order valence-electron chi connectivity index (χ2n) is 4.19. The molecular weight excluding hydrogens is 310 g/mol. The third-order valence-corrected chi connectivity index (χ3v) is 3.76. The number of nitro benzene ring substituents is 1. The smallest absolute Gasteiger partial charge is 0.350 e. The van der Waals surface area contributed by atoms with Crippen LogP contribution >= 0.6 is 11.3 Å². The first-order valence-electron chi connectivity index (χ1n) is 6.04. The third kappa shape index (κ3) is 3.26. The number of hydrogen-bond acceptors (Lipinski definition) is 7. The number of nitro groups is 1. The van der Waals surface area contributed by atoms with E-state index in [0.717, 1.165) is 17.4 Å². The van der Waals surface area contributed by atoms with Crippen LogP contribution in [0.25, 0.3) is 0 Å². The van der Waals surface area contributed by atoms with Gasteiger partial charge in [0.25, 0.3) is 11.6 Å². The van der Waals surface area contributed by atoms with E-state index in [4.69, 9.17) is 0 Å². The summed E-state index contributed by atoms with van der Waals surface area (Å²) < 4.78 is 4.61. The molecule has 1 heterocycles. The fourth-order valence-corrected chi connectivity index (χ4v) is 2.54. The normalized spacial score (nSPS) is 10.1. The topological polar surface area (TPSA) is 111 Å². The van der Waals surface area contributed by atoms with Gasteiger partial charge in [0.15, 0.2) is 5.13 Å². The number of aromatic nitrogens is 1. The Morgan fingerprint density at radius 2 is 2.14 bits per heavy atom. The molecule has 0 aliphatic rings. The van der Waals surface area contributed by atoms with Crippen LogP contribution in [0.1, 0.15) is 25.7 Å². The molecule has 8 nitrogen and oxygen atoms in total. The number of esters is 1. The molecule has 0 saturated heterocycles. The molecule has 2 aromatic rings. The maximum absolute atomic E-state index is 12.1. The molecule has 22 heavy (non-hydrogen) atoms. The van der Waals surface area contributed by atoms with Gasteiger partial charge in [-0.2, -0.15) is 0 Å². The highest BCUT2D eigenvalue weighted by molar-refractivity contribution is 7.17. The number of nitrogens with zero attached hydrogens (tertiary/aromatic N) is 2. The van der Waals surface area contributed by atoms with Crippen LogP contribution in [0, 0.1) is 17.0 Å². The average Bonchev–Trinajstić information content (AvgIpc) is 2.87. The first kappa shape index (κ1) is 15.6. The van der Waals surface area contributed by atoms with E-state index in [1.807, 2.05) is 0 Å². The molecule has 0 bridgehead atoms. The molecule has 0 unspecified atom stereocenters. The molecule has 0 fully saturated rings. The number of carbonyl (C=O) groups excluding carboxylic acids is 2. The molecule has 0 atom stereocenters. The quantitative estimate of drug-likeness (QED) is 0.526. The minimum atomic E-state index is -0.584. The van der Waals surface area contributed by atoms with Crippen LogP contribution in [0.2, 0.25) is 0 Å². The zero-order valence-electron chi connectivity index (χ0n) is 11.7. The van der Waals surface area contributed by atoms with E-state index >= 15 is 0 Å². The van der Waals surface area contributed by atoms with Crippen LogP contribution in [-0.4, -0.2) is 28.9 Å². The maximum atomic E-state index is 12.1. The summed E-state index contributed by atoms with van der Waals surface area (Å²) in [4.78, 5) is 38.0. The van der Waals surface area contributed by atoms with Crippen molar-refractivity contribution >= 4 is 34.0 Å². The Balaban J connectivity index is 2.20. The lowest BCUT2D eigenvalue weighted by Gasteiger charge is -2.01. The Morgan fingerprint density at radius 3 is 2.77 bits per heavy atom. The Labute approximate surface area is 128 Å². The van der Waals surface area contributed by atoms with Gasteiger partial charge < -0.3 is 4.74 Å². The van der Waals surface area contributed by atoms with Gasteiger partial charge in [-0.05, 0) is 13.0 Å². The predicted molar refractivity (Wildman–Crippen MR) is 79.2 cm³/mol. The van der Waals surface area contributed by atoms with E-state index < -0.39 is 16.8 Å². The molecule has 0 saturated carbocycles. The Kier molecular flexibility index (Phi) is 4.47.